The molecular formula is C25H25N3O4. The molecule has 0 aliphatic carbocycles. The van der Waals surface area contributed by atoms with Gasteiger partial charge in [0.15, 0.2) is 0 Å². The molecule has 164 valence electrons. The van der Waals surface area contributed by atoms with Crippen LogP contribution in [-0.4, -0.2) is 31.9 Å². The van der Waals surface area contributed by atoms with Crippen molar-refractivity contribution in [3.63, 3.8) is 0 Å². The van der Waals surface area contributed by atoms with Crippen LogP contribution in [0.2, 0.25) is 0 Å². The van der Waals surface area contributed by atoms with Crippen molar-refractivity contribution in [2.24, 2.45) is 0 Å². The number of carbonyl (C=O) groups excluding carboxylic acids is 3. The lowest BCUT2D eigenvalue weighted by atomic mass is 10.1. The summed E-state index contributed by atoms with van der Waals surface area (Å²) < 4.78 is 5.02. The highest BCUT2D eigenvalue weighted by atomic mass is 16.5. The van der Waals surface area contributed by atoms with Crippen molar-refractivity contribution >= 4 is 29.2 Å². The first-order valence-electron chi connectivity index (χ1n) is 10.1. The molecule has 0 atom stereocenters. The summed E-state index contributed by atoms with van der Waals surface area (Å²) in [5.74, 6) is -0.653. The molecule has 0 aliphatic rings. The number of benzene rings is 3. The van der Waals surface area contributed by atoms with E-state index in [-0.39, 0.29) is 11.8 Å². The van der Waals surface area contributed by atoms with Crippen LogP contribution in [0.1, 0.15) is 33.2 Å². The second-order valence-corrected chi connectivity index (χ2v) is 7.40. The molecule has 0 radical (unpaired) electrons. The predicted octanol–water partition coefficient (Wildman–Crippen LogP) is 3.86. The van der Waals surface area contributed by atoms with Crippen molar-refractivity contribution < 1.29 is 19.1 Å². The number of hydrogen-bond acceptors (Lipinski definition) is 5. The van der Waals surface area contributed by atoms with Crippen molar-refractivity contribution in [1.29, 1.82) is 0 Å². The molecule has 32 heavy (non-hydrogen) atoms. The van der Waals surface area contributed by atoms with Crippen LogP contribution in [0.3, 0.4) is 0 Å². The van der Waals surface area contributed by atoms with Gasteiger partial charge >= 0.3 is 5.97 Å². The van der Waals surface area contributed by atoms with E-state index in [1.54, 1.807) is 48.5 Å². The monoisotopic (exact) mass is 431 g/mol. The van der Waals surface area contributed by atoms with E-state index in [9.17, 15) is 14.4 Å². The number of nitrogens with one attached hydrogen (secondary N) is 2. The number of amides is 2. The number of carbonyl (C=O) groups is 3. The molecule has 2 amide bonds. The quantitative estimate of drug-likeness (QED) is 0.438. The Kier molecular flexibility index (Phi) is 7.23. The van der Waals surface area contributed by atoms with Crippen LogP contribution in [0.5, 0.6) is 5.75 Å². The molecular weight excluding hydrogens is 406 g/mol. The summed E-state index contributed by atoms with van der Waals surface area (Å²) in [7, 11) is 3.88. The highest BCUT2D eigenvalue weighted by Crippen LogP contribution is 2.17. The normalized spacial score (nSPS) is 10.2. The van der Waals surface area contributed by atoms with Gasteiger partial charge in [0.25, 0.3) is 11.8 Å². The van der Waals surface area contributed by atoms with E-state index in [0.29, 0.717) is 29.1 Å². The second kappa shape index (κ2) is 10.3. The summed E-state index contributed by atoms with van der Waals surface area (Å²) in [5, 5.41) is 5.71. The van der Waals surface area contributed by atoms with Crippen LogP contribution >= 0.6 is 0 Å². The number of ether oxygens (including phenoxy) is 1. The maximum absolute atomic E-state index is 12.6. The van der Waals surface area contributed by atoms with Crippen molar-refractivity contribution in [3.8, 4) is 5.75 Å². The highest BCUT2D eigenvalue weighted by Gasteiger charge is 2.10. The summed E-state index contributed by atoms with van der Waals surface area (Å²) in [6, 6.07) is 21.0. The zero-order valence-electron chi connectivity index (χ0n) is 18.2. The Balaban J connectivity index is 1.61. The molecule has 0 bridgehead atoms. The van der Waals surface area contributed by atoms with E-state index in [4.69, 9.17) is 4.74 Å². The van der Waals surface area contributed by atoms with Crippen LogP contribution in [0.4, 0.5) is 11.4 Å². The second-order valence-electron chi connectivity index (χ2n) is 7.40. The topological polar surface area (TPSA) is 87.7 Å². The molecule has 0 saturated heterocycles. The summed E-state index contributed by atoms with van der Waals surface area (Å²) in [6.45, 7) is 1.62. The Bertz CT molecular complexity index is 1120. The third kappa shape index (κ3) is 6.18. The van der Waals surface area contributed by atoms with Gasteiger partial charge in [-0.3, -0.25) is 14.4 Å². The molecule has 0 fully saturated rings. The first kappa shape index (κ1) is 22.6. The summed E-state index contributed by atoms with van der Waals surface area (Å²) in [5.41, 5.74) is 3.39. The fourth-order valence-electron chi connectivity index (χ4n) is 3.02. The lowest BCUT2D eigenvalue weighted by Gasteiger charge is -2.13. The van der Waals surface area contributed by atoms with E-state index in [1.165, 1.54) is 13.0 Å². The largest absolute Gasteiger partial charge is 0.427 e. The van der Waals surface area contributed by atoms with Gasteiger partial charge in [0.2, 0.25) is 0 Å². The lowest BCUT2D eigenvalue weighted by Crippen LogP contribution is -2.23. The van der Waals surface area contributed by atoms with Crippen molar-refractivity contribution in [3.05, 3.63) is 89.5 Å². The maximum atomic E-state index is 12.6. The molecule has 0 unspecified atom stereocenters. The Labute approximate surface area is 187 Å². The predicted molar refractivity (Wildman–Crippen MR) is 124 cm³/mol. The van der Waals surface area contributed by atoms with Gasteiger partial charge in [0.05, 0.1) is 0 Å². The summed E-state index contributed by atoms with van der Waals surface area (Å²) in [4.78, 5) is 38.1. The Morgan fingerprint density at radius 1 is 0.844 bits per heavy atom. The van der Waals surface area contributed by atoms with Gasteiger partial charge in [-0.15, -0.1) is 0 Å². The molecule has 0 aromatic heterocycles. The first-order chi connectivity index (χ1) is 15.3. The molecule has 3 aromatic carbocycles. The van der Waals surface area contributed by atoms with Crippen molar-refractivity contribution in [2.45, 2.75) is 13.5 Å². The number of anilines is 2. The summed E-state index contributed by atoms with van der Waals surface area (Å²) in [6.07, 6.45) is 0. The smallest absolute Gasteiger partial charge is 0.308 e. The fourth-order valence-corrected chi connectivity index (χ4v) is 3.02. The van der Waals surface area contributed by atoms with Crippen LogP contribution in [0, 0.1) is 0 Å². The van der Waals surface area contributed by atoms with E-state index in [2.05, 4.69) is 10.6 Å². The van der Waals surface area contributed by atoms with Gasteiger partial charge in [-0.05, 0) is 60.2 Å². The third-order valence-corrected chi connectivity index (χ3v) is 4.64. The third-order valence-electron chi connectivity index (χ3n) is 4.64. The molecule has 3 aromatic rings. The van der Waals surface area contributed by atoms with E-state index in [1.807, 2.05) is 37.2 Å². The summed E-state index contributed by atoms with van der Waals surface area (Å²) >= 11 is 0. The first-order valence-corrected chi connectivity index (χ1v) is 10.1. The molecule has 7 heteroatoms. The van der Waals surface area contributed by atoms with Crippen LogP contribution in [0.15, 0.2) is 72.8 Å². The van der Waals surface area contributed by atoms with Crippen LogP contribution < -0.4 is 20.3 Å². The SMILES string of the molecule is CC(=O)Oc1cccc(C(=O)Nc2cccc(CNC(=O)c3ccc(N(C)C)cc3)c2)c1. The number of rotatable bonds is 7. The van der Waals surface area contributed by atoms with Crippen LogP contribution in [0.25, 0.3) is 0 Å². The van der Waals surface area contributed by atoms with Gasteiger partial charge in [0.1, 0.15) is 5.75 Å². The molecule has 0 aliphatic heterocycles. The minimum atomic E-state index is -0.453. The molecule has 0 saturated carbocycles. The van der Waals surface area contributed by atoms with Crippen LogP contribution in [-0.2, 0) is 11.3 Å². The maximum Gasteiger partial charge on any atom is 0.308 e. The van der Waals surface area contributed by atoms with E-state index >= 15 is 0 Å². The fraction of sp³-hybridized carbons (Fsp3) is 0.160. The van der Waals surface area contributed by atoms with E-state index < -0.39 is 5.97 Å². The van der Waals surface area contributed by atoms with Gasteiger partial charge in [-0.25, -0.2) is 0 Å². The van der Waals surface area contributed by atoms with Gasteiger partial charge in [0, 0.05) is 50.1 Å². The molecule has 0 spiro atoms. The molecule has 0 heterocycles. The number of nitrogens with zero attached hydrogens (tertiary/aromatic N) is 1. The molecule has 2 N–H and O–H groups in total. The average Bonchev–Trinajstić information content (AvgIpc) is 2.77. The molecule has 3 rings (SSSR count). The van der Waals surface area contributed by atoms with Gasteiger partial charge in [-0.2, -0.15) is 0 Å². The molecule has 7 nitrogen and oxygen atoms in total. The van der Waals surface area contributed by atoms with Crippen molar-refractivity contribution in [2.75, 3.05) is 24.3 Å². The minimum absolute atomic E-state index is 0.174. The average molecular weight is 431 g/mol. The van der Waals surface area contributed by atoms with Gasteiger partial charge < -0.3 is 20.3 Å². The zero-order chi connectivity index (χ0) is 23.1. The number of esters is 1. The van der Waals surface area contributed by atoms with Gasteiger partial charge in [-0.1, -0.05) is 18.2 Å². The van der Waals surface area contributed by atoms with E-state index in [0.717, 1.165) is 11.3 Å². The Morgan fingerprint density at radius 2 is 1.56 bits per heavy atom. The standard InChI is InChI=1S/C25H25N3O4/c1-17(29)32-23-9-5-7-20(15-23)25(31)27-21-8-4-6-18(14-21)16-26-24(30)19-10-12-22(13-11-19)28(2)3/h4-15H,16H2,1-3H3,(H,26,30)(H,27,31). The minimum Gasteiger partial charge on any atom is -0.427 e. The number of hydrogen-bond donors (Lipinski definition) is 2. The lowest BCUT2D eigenvalue weighted by molar-refractivity contribution is -0.131. The zero-order valence-corrected chi connectivity index (χ0v) is 18.2. The Hall–Kier alpha value is -4.13. The van der Waals surface area contributed by atoms with Crippen molar-refractivity contribution in [1.82, 2.24) is 5.32 Å². The Morgan fingerprint density at radius 3 is 2.25 bits per heavy atom. The highest BCUT2D eigenvalue weighted by molar-refractivity contribution is 6.04.